The summed E-state index contributed by atoms with van der Waals surface area (Å²) < 4.78 is 5.85. The summed E-state index contributed by atoms with van der Waals surface area (Å²) in [5.74, 6) is 0.806. The Morgan fingerprint density at radius 3 is 2.35 bits per heavy atom. The van der Waals surface area contributed by atoms with Crippen LogP contribution in [-0.4, -0.2) is 0 Å². The van der Waals surface area contributed by atoms with Crippen molar-refractivity contribution in [2.75, 3.05) is 0 Å². The summed E-state index contributed by atoms with van der Waals surface area (Å²) in [6.45, 7) is 0.531. The summed E-state index contributed by atoms with van der Waals surface area (Å²) in [5, 5.41) is 3.64. The Bertz CT molecular complexity index is 840. The van der Waals surface area contributed by atoms with Gasteiger partial charge >= 0.3 is 0 Å². The first-order valence-electron chi connectivity index (χ1n) is 7.27. The first-order valence-corrected chi connectivity index (χ1v) is 7.27. The van der Waals surface area contributed by atoms with Gasteiger partial charge in [-0.15, -0.1) is 0 Å². The third kappa shape index (κ3) is 3.90. The normalized spacial score (nSPS) is 9.91. The molecule has 0 fully saturated rings. The molecule has 0 heterocycles. The molecule has 0 N–H and O–H groups in total. The Morgan fingerprint density at radius 1 is 0.826 bits per heavy atom. The lowest BCUT2D eigenvalue weighted by molar-refractivity contribution is 0.306. The van der Waals surface area contributed by atoms with Crippen molar-refractivity contribution in [2.45, 2.75) is 6.61 Å². The monoisotopic (exact) mass is 301 g/mol. The summed E-state index contributed by atoms with van der Waals surface area (Å²) in [6.07, 6.45) is 0. The predicted octanol–water partition coefficient (Wildman–Crippen LogP) is 5.87. The largest absolute Gasteiger partial charge is 0.489 e. The molecule has 0 amide bonds. The molecule has 0 aliphatic heterocycles. The summed E-state index contributed by atoms with van der Waals surface area (Å²) in [4.78, 5) is 2.82. The minimum atomic E-state index is 0.531. The molecule has 112 valence electrons. The van der Waals surface area contributed by atoms with Gasteiger partial charge in [0.2, 0.25) is 0 Å². The third-order valence-corrected chi connectivity index (χ3v) is 3.42. The van der Waals surface area contributed by atoms with Crippen molar-refractivity contribution in [1.29, 1.82) is 0 Å². The Labute approximate surface area is 134 Å². The highest BCUT2D eigenvalue weighted by atomic mass is 16.5. The minimum absolute atomic E-state index is 0.531. The van der Waals surface area contributed by atoms with E-state index in [0.717, 1.165) is 22.4 Å². The molecule has 3 aromatic rings. The average molecular weight is 301 g/mol. The van der Waals surface area contributed by atoms with E-state index in [-0.39, 0.29) is 0 Å². The summed E-state index contributed by atoms with van der Waals surface area (Å²) in [5.41, 5.74) is 12.3. The van der Waals surface area contributed by atoms with E-state index in [4.69, 9.17) is 10.3 Å². The third-order valence-electron chi connectivity index (χ3n) is 3.42. The van der Waals surface area contributed by atoms with Gasteiger partial charge in [0.05, 0.1) is 0 Å². The zero-order valence-corrected chi connectivity index (χ0v) is 12.5. The van der Waals surface area contributed by atoms with Gasteiger partial charge in [-0.25, -0.2) is 0 Å². The molecule has 0 spiro atoms. The van der Waals surface area contributed by atoms with E-state index in [2.05, 4.69) is 10.0 Å². The molecule has 0 aliphatic rings. The molecule has 0 atom stereocenters. The van der Waals surface area contributed by atoms with Crippen molar-refractivity contribution >= 4 is 5.69 Å². The SMILES string of the molecule is [N-]=[N+]=Nc1cccc(-c2cccc(OCc3ccccc3)c2)c1. The highest BCUT2D eigenvalue weighted by molar-refractivity contribution is 5.68. The van der Waals surface area contributed by atoms with Gasteiger partial charge in [0.15, 0.2) is 0 Å². The summed E-state index contributed by atoms with van der Waals surface area (Å²) in [6, 6.07) is 25.4. The number of rotatable bonds is 5. The maximum Gasteiger partial charge on any atom is 0.120 e. The van der Waals surface area contributed by atoms with Crippen LogP contribution >= 0.6 is 0 Å². The fourth-order valence-corrected chi connectivity index (χ4v) is 2.31. The van der Waals surface area contributed by atoms with E-state index < -0.39 is 0 Å². The van der Waals surface area contributed by atoms with Gasteiger partial charge in [-0.1, -0.05) is 65.8 Å². The molecule has 0 saturated carbocycles. The van der Waals surface area contributed by atoms with Crippen LogP contribution in [0.2, 0.25) is 0 Å². The summed E-state index contributed by atoms with van der Waals surface area (Å²) >= 11 is 0. The van der Waals surface area contributed by atoms with E-state index in [1.165, 1.54) is 0 Å². The van der Waals surface area contributed by atoms with E-state index in [1.54, 1.807) is 6.07 Å². The number of ether oxygens (including phenoxy) is 1. The van der Waals surface area contributed by atoms with E-state index in [1.807, 2.05) is 72.8 Å². The van der Waals surface area contributed by atoms with E-state index in [0.29, 0.717) is 12.3 Å². The lowest BCUT2D eigenvalue weighted by atomic mass is 10.1. The van der Waals surface area contributed by atoms with Crippen molar-refractivity contribution < 1.29 is 4.74 Å². The van der Waals surface area contributed by atoms with Crippen LogP contribution in [0.15, 0.2) is 84.0 Å². The second-order valence-electron chi connectivity index (χ2n) is 5.04. The molecule has 0 unspecified atom stereocenters. The smallest absolute Gasteiger partial charge is 0.120 e. The van der Waals surface area contributed by atoms with Crippen molar-refractivity contribution in [3.05, 3.63) is 94.9 Å². The lowest BCUT2D eigenvalue weighted by Crippen LogP contribution is -1.94. The van der Waals surface area contributed by atoms with Crippen molar-refractivity contribution in [3.63, 3.8) is 0 Å². The first-order chi connectivity index (χ1) is 11.3. The fourth-order valence-electron chi connectivity index (χ4n) is 2.31. The molecule has 0 radical (unpaired) electrons. The Balaban J connectivity index is 1.79. The van der Waals surface area contributed by atoms with Crippen LogP contribution < -0.4 is 4.74 Å². The summed E-state index contributed by atoms with van der Waals surface area (Å²) in [7, 11) is 0. The van der Waals surface area contributed by atoms with Crippen LogP contribution in [0.3, 0.4) is 0 Å². The molecule has 4 nitrogen and oxygen atoms in total. The maximum absolute atomic E-state index is 8.54. The molecule has 0 saturated heterocycles. The van der Waals surface area contributed by atoms with Gasteiger partial charge in [0, 0.05) is 10.6 Å². The Morgan fingerprint density at radius 2 is 1.57 bits per heavy atom. The van der Waals surface area contributed by atoms with Crippen LogP contribution in [0.5, 0.6) is 5.75 Å². The average Bonchev–Trinajstić information content (AvgIpc) is 2.62. The molecule has 23 heavy (non-hydrogen) atoms. The Hall–Kier alpha value is -3.23. The van der Waals surface area contributed by atoms with E-state index >= 15 is 0 Å². The van der Waals surface area contributed by atoms with Gasteiger partial charge in [-0.05, 0) is 40.4 Å². The van der Waals surface area contributed by atoms with Crippen LogP contribution in [0.4, 0.5) is 5.69 Å². The second-order valence-corrected chi connectivity index (χ2v) is 5.04. The lowest BCUT2D eigenvalue weighted by Gasteiger charge is -2.09. The molecule has 3 rings (SSSR count). The number of azide groups is 1. The highest BCUT2D eigenvalue weighted by Crippen LogP contribution is 2.27. The van der Waals surface area contributed by atoms with Gasteiger partial charge in [0.25, 0.3) is 0 Å². The fraction of sp³-hybridized carbons (Fsp3) is 0.0526. The standard InChI is InChI=1S/C19H15N3O/c20-22-21-18-10-4-8-16(12-18)17-9-5-11-19(13-17)23-14-15-6-2-1-3-7-15/h1-13H,14H2. The Kier molecular flexibility index (Phi) is 4.58. The molecule has 4 heteroatoms. The molecule has 3 aromatic carbocycles. The quantitative estimate of drug-likeness (QED) is 0.330. The molecular formula is C19H15N3O. The number of nitrogens with zero attached hydrogens (tertiary/aromatic N) is 3. The van der Waals surface area contributed by atoms with Gasteiger partial charge in [0.1, 0.15) is 12.4 Å². The minimum Gasteiger partial charge on any atom is -0.489 e. The molecule has 0 aliphatic carbocycles. The molecule has 0 aromatic heterocycles. The van der Waals surface area contributed by atoms with Crippen LogP contribution in [0.1, 0.15) is 5.56 Å². The maximum atomic E-state index is 8.54. The molecule has 0 bridgehead atoms. The second kappa shape index (κ2) is 7.16. The number of benzene rings is 3. The zero-order valence-electron chi connectivity index (χ0n) is 12.5. The molecular weight excluding hydrogens is 286 g/mol. The van der Waals surface area contributed by atoms with E-state index in [9.17, 15) is 0 Å². The first kappa shape index (κ1) is 14.7. The van der Waals surface area contributed by atoms with Gasteiger partial charge in [-0.3, -0.25) is 0 Å². The van der Waals surface area contributed by atoms with Crippen LogP contribution in [0, 0.1) is 0 Å². The highest BCUT2D eigenvalue weighted by Gasteiger charge is 2.02. The van der Waals surface area contributed by atoms with Crippen molar-refractivity contribution in [2.24, 2.45) is 5.11 Å². The van der Waals surface area contributed by atoms with Gasteiger partial charge in [-0.2, -0.15) is 0 Å². The number of hydrogen-bond donors (Lipinski definition) is 0. The zero-order chi connectivity index (χ0) is 15.9. The van der Waals surface area contributed by atoms with Crippen molar-refractivity contribution in [1.82, 2.24) is 0 Å². The van der Waals surface area contributed by atoms with Gasteiger partial charge < -0.3 is 4.74 Å². The predicted molar refractivity (Wildman–Crippen MR) is 91.5 cm³/mol. The van der Waals surface area contributed by atoms with Crippen LogP contribution in [-0.2, 0) is 6.61 Å². The number of hydrogen-bond acceptors (Lipinski definition) is 2. The topological polar surface area (TPSA) is 58.0 Å². The van der Waals surface area contributed by atoms with Crippen LogP contribution in [0.25, 0.3) is 21.6 Å². The van der Waals surface area contributed by atoms with Crippen molar-refractivity contribution in [3.8, 4) is 16.9 Å².